The fraction of sp³-hybridized carbons (Fsp3) is 0.250. The summed E-state index contributed by atoms with van der Waals surface area (Å²) in [5, 5.41) is 0.495. The molecule has 0 aliphatic heterocycles. The number of ether oxygens (including phenoxy) is 2. The van der Waals surface area contributed by atoms with Crippen LogP contribution in [-0.2, 0) is 14.3 Å². The first-order valence-electron chi connectivity index (χ1n) is 8.34. The summed E-state index contributed by atoms with van der Waals surface area (Å²) < 4.78 is 9.99. The van der Waals surface area contributed by atoms with Crippen molar-refractivity contribution >= 4 is 35.4 Å². The maximum absolute atomic E-state index is 12.5. The van der Waals surface area contributed by atoms with Crippen molar-refractivity contribution in [3.8, 4) is 0 Å². The zero-order valence-electron chi connectivity index (χ0n) is 15.3. The third kappa shape index (κ3) is 5.08. The lowest BCUT2D eigenvalue weighted by atomic mass is 10.1. The Kier molecular flexibility index (Phi) is 6.96. The van der Waals surface area contributed by atoms with Crippen LogP contribution in [0.25, 0.3) is 6.08 Å². The third-order valence-electron chi connectivity index (χ3n) is 3.78. The number of halogens is 1. The summed E-state index contributed by atoms with van der Waals surface area (Å²) in [6.45, 7) is 4.73. The number of hydrogen-bond acceptors (Lipinski definition) is 5. The summed E-state index contributed by atoms with van der Waals surface area (Å²) in [7, 11) is 0. The molecule has 7 heteroatoms. The molecule has 1 aromatic carbocycles. The zero-order chi connectivity index (χ0) is 20.0. The number of carbonyl (C=O) groups is 3. The van der Waals surface area contributed by atoms with E-state index in [0.29, 0.717) is 22.0 Å². The Morgan fingerprint density at radius 3 is 2.41 bits per heavy atom. The number of benzene rings is 1. The number of rotatable bonds is 7. The second kappa shape index (κ2) is 9.19. The number of carbonyl (C=O) groups excluding carboxylic acids is 3. The van der Waals surface area contributed by atoms with Gasteiger partial charge in [-0.3, -0.25) is 4.79 Å². The van der Waals surface area contributed by atoms with Crippen LogP contribution >= 0.6 is 11.6 Å². The molecule has 0 fully saturated rings. The van der Waals surface area contributed by atoms with E-state index in [4.69, 9.17) is 21.1 Å². The molecule has 0 bridgehead atoms. The normalized spacial score (nSPS) is 10.8. The first-order valence-corrected chi connectivity index (χ1v) is 8.71. The SMILES string of the molecule is CCOC(=O)c1c(C)[nH]c(C)c1C(=O)COC(=O)/C=C/c1ccccc1Cl. The summed E-state index contributed by atoms with van der Waals surface area (Å²) in [5.74, 6) is -1.77. The van der Waals surface area contributed by atoms with Crippen LogP contribution in [0, 0.1) is 13.8 Å². The Bertz CT molecular complexity index is 898. The molecule has 1 N–H and O–H groups in total. The molecule has 1 heterocycles. The van der Waals surface area contributed by atoms with Crippen molar-refractivity contribution in [3.63, 3.8) is 0 Å². The predicted octanol–water partition coefficient (Wildman–Crippen LogP) is 3.90. The molecule has 27 heavy (non-hydrogen) atoms. The highest BCUT2D eigenvalue weighted by atomic mass is 35.5. The van der Waals surface area contributed by atoms with E-state index in [1.165, 1.54) is 12.2 Å². The fourth-order valence-electron chi connectivity index (χ4n) is 2.61. The number of aromatic nitrogens is 1. The van der Waals surface area contributed by atoms with Crippen molar-refractivity contribution < 1.29 is 23.9 Å². The standard InChI is InChI=1S/C20H20ClNO5/c1-4-26-20(25)19-13(3)22-12(2)18(19)16(23)11-27-17(24)10-9-14-7-5-6-8-15(14)21/h5-10,22H,4,11H2,1-3H3/b10-9+. The number of esters is 2. The topological polar surface area (TPSA) is 85.5 Å². The van der Waals surface area contributed by atoms with Gasteiger partial charge in [0, 0.05) is 22.5 Å². The van der Waals surface area contributed by atoms with Gasteiger partial charge in [0.2, 0.25) is 5.78 Å². The highest BCUT2D eigenvalue weighted by Gasteiger charge is 2.25. The van der Waals surface area contributed by atoms with Gasteiger partial charge in [-0.05, 0) is 38.5 Å². The molecule has 0 aliphatic rings. The smallest absolute Gasteiger partial charge is 0.340 e. The molecule has 0 amide bonds. The molecule has 6 nitrogen and oxygen atoms in total. The maximum atomic E-state index is 12.5. The fourth-order valence-corrected chi connectivity index (χ4v) is 2.81. The summed E-state index contributed by atoms with van der Waals surface area (Å²) in [5.41, 5.74) is 2.04. The molecule has 0 saturated carbocycles. The van der Waals surface area contributed by atoms with Gasteiger partial charge in [0.15, 0.2) is 6.61 Å². The van der Waals surface area contributed by atoms with E-state index < -0.39 is 24.3 Å². The first kappa shape index (κ1) is 20.5. The van der Waals surface area contributed by atoms with Gasteiger partial charge in [-0.15, -0.1) is 0 Å². The third-order valence-corrected chi connectivity index (χ3v) is 4.13. The first-order chi connectivity index (χ1) is 12.8. The lowest BCUT2D eigenvalue weighted by Crippen LogP contribution is -2.17. The van der Waals surface area contributed by atoms with Gasteiger partial charge >= 0.3 is 11.9 Å². The summed E-state index contributed by atoms with van der Waals surface area (Å²) in [4.78, 5) is 39.4. The van der Waals surface area contributed by atoms with Gasteiger partial charge in [-0.2, -0.15) is 0 Å². The van der Waals surface area contributed by atoms with Crippen LogP contribution in [0.4, 0.5) is 0 Å². The Labute approximate surface area is 162 Å². The summed E-state index contributed by atoms with van der Waals surface area (Å²) in [6, 6.07) is 7.01. The van der Waals surface area contributed by atoms with Crippen LogP contribution in [-0.4, -0.2) is 35.9 Å². The van der Waals surface area contributed by atoms with Crippen LogP contribution < -0.4 is 0 Å². The Hall–Kier alpha value is -2.86. The van der Waals surface area contributed by atoms with E-state index in [1.54, 1.807) is 45.0 Å². The average molecular weight is 390 g/mol. The molecule has 142 valence electrons. The van der Waals surface area contributed by atoms with Crippen LogP contribution in [0.1, 0.15) is 44.6 Å². The van der Waals surface area contributed by atoms with Crippen molar-refractivity contribution in [1.82, 2.24) is 4.98 Å². The number of Topliss-reactive ketones (excluding diaryl/α,β-unsaturated/α-hetero) is 1. The Morgan fingerprint density at radius 2 is 1.74 bits per heavy atom. The van der Waals surface area contributed by atoms with Crippen molar-refractivity contribution in [1.29, 1.82) is 0 Å². The predicted molar refractivity (Wildman–Crippen MR) is 102 cm³/mol. The van der Waals surface area contributed by atoms with Gasteiger partial charge < -0.3 is 14.5 Å². The van der Waals surface area contributed by atoms with Crippen LogP contribution in [0.2, 0.25) is 5.02 Å². The Morgan fingerprint density at radius 1 is 1.07 bits per heavy atom. The number of nitrogens with one attached hydrogen (secondary N) is 1. The van der Waals surface area contributed by atoms with Crippen molar-refractivity contribution in [2.45, 2.75) is 20.8 Å². The number of aromatic amines is 1. The lowest BCUT2D eigenvalue weighted by Gasteiger charge is -2.06. The van der Waals surface area contributed by atoms with Gasteiger partial charge in [-0.1, -0.05) is 29.8 Å². The molecule has 2 rings (SSSR count). The van der Waals surface area contributed by atoms with E-state index in [9.17, 15) is 14.4 Å². The molecule has 0 unspecified atom stereocenters. The number of hydrogen-bond donors (Lipinski definition) is 1. The van der Waals surface area contributed by atoms with Gasteiger partial charge in [0.1, 0.15) is 0 Å². The Balaban J connectivity index is 2.07. The zero-order valence-corrected chi connectivity index (χ0v) is 16.1. The highest BCUT2D eigenvalue weighted by Crippen LogP contribution is 2.20. The minimum absolute atomic E-state index is 0.169. The maximum Gasteiger partial charge on any atom is 0.340 e. The van der Waals surface area contributed by atoms with Gasteiger partial charge in [0.05, 0.1) is 17.7 Å². The minimum atomic E-state index is -0.689. The molecule has 2 aromatic rings. The van der Waals surface area contributed by atoms with Gasteiger partial charge in [-0.25, -0.2) is 9.59 Å². The number of aryl methyl sites for hydroxylation is 2. The van der Waals surface area contributed by atoms with Crippen molar-refractivity contribution in [2.75, 3.05) is 13.2 Å². The summed E-state index contributed by atoms with van der Waals surface area (Å²) in [6.07, 6.45) is 2.70. The molecule has 0 saturated heterocycles. The average Bonchev–Trinajstić information content (AvgIpc) is 2.93. The molecule has 0 spiro atoms. The van der Waals surface area contributed by atoms with Crippen LogP contribution in [0.5, 0.6) is 0 Å². The van der Waals surface area contributed by atoms with Crippen LogP contribution in [0.15, 0.2) is 30.3 Å². The molecule has 0 radical (unpaired) electrons. The lowest BCUT2D eigenvalue weighted by molar-refractivity contribution is -0.136. The second-order valence-corrected chi connectivity index (χ2v) is 6.14. The number of ketones is 1. The second-order valence-electron chi connectivity index (χ2n) is 5.73. The van der Waals surface area contributed by atoms with E-state index in [1.807, 2.05) is 0 Å². The van der Waals surface area contributed by atoms with Crippen LogP contribution in [0.3, 0.4) is 0 Å². The minimum Gasteiger partial charge on any atom is -0.462 e. The highest BCUT2D eigenvalue weighted by molar-refractivity contribution is 6.32. The van der Waals surface area contributed by atoms with Gasteiger partial charge in [0.25, 0.3) is 0 Å². The molecular weight excluding hydrogens is 370 g/mol. The molecule has 0 atom stereocenters. The number of H-pyrrole nitrogens is 1. The molecule has 1 aromatic heterocycles. The summed E-state index contributed by atoms with van der Waals surface area (Å²) >= 11 is 6.00. The van der Waals surface area contributed by atoms with E-state index in [0.717, 1.165) is 0 Å². The van der Waals surface area contributed by atoms with E-state index >= 15 is 0 Å². The monoisotopic (exact) mass is 389 g/mol. The van der Waals surface area contributed by atoms with E-state index in [2.05, 4.69) is 4.98 Å². The quantitative estimate of drug-likeness (QED) is 0.441. The molecular formula is C20H20ClNO5. The van der Waals surface area contributed by atoms with Crippen molar-refractivity contribution in [2.24, 2.45) is 0 Å². The van der Waals surface area contributed by atoms with Crippen molar-refractivity contribution in [3.05, 3.63) is 63.4 Å². The van der Waals surface area contributed by atoms with E-state index in [-0.39, 0.29) is 17.7 Å². The molecule has 0 aliphatic carbocycles. The largest absolute Gasteiger partial charge is 0.462 e.